The highest BCUT2D eigenvalue weighted by molar-refractivity contribution is 5.91. The molecule has 0 spiro atoms. The number of benzene rings is 1. The fraction of sp³-hybridized carbons (Fsp3) is 0.550. The van der Waals surface area contributed by atoms with Crippen LogP contribution >= 0.6 is 0 Å². The van der Waals surface area contributed by atoms with Crippen molar-refractivity contribution in [2.24, 2.45) is 11.7 Å². The molecule has 1 amide bonds. The Bertz CT molecular complexity index is 840. The van der Waals surface area contributed by atoms with Crippen molar-refractivity contribution in [1.82, 2.24) is 4.65 Å². The maximum Gasteiger partial charge on any atom is 0.414 e. The predicted octanol–water partition coefficient (Wildman–Crippen LogP) is 1.85. The molecule has 164 valence electrons. The highest BCUT2D eigenvalue weighted by atomic mass is 19.1. The summed E-state index contributed by atoms with van der Waals surface area (Å²) >= 11 is 0. The van der Waals surface area contributed by atoms with Crippen LogP contribution in [0.1, 0.15) is 26.7 Å². The van der Waals surface area contributed by atoms with Crippen LogP contribution in [0.25, 0.3) is 0 Å². The number of anilines is 1. The van der Waals surface area contributed by atoms with Crippen molar-refractivity contribution in [3.63, 3.8) is 0 Å². The summed E-state index contributed by atoms with van der Waals surface area (Å²) in [4.78, 5) is 36.6. The van der Waals surface area contributed by atoms with Crippen molar-refractivity contribution in [3.8, 4) is 0 Å². The van der Waals surface area contributed by atoms with Crippen LogP contribution in [0, 0.1) is 16.9 Å². The molecule has 2 unspecified atom stereocenters. The number of piperidine rings is 1. The molecule has 0 aliphatic carbocycles. The number of nitrogens with zero attached hydrogens (tertiary/aromatic N) is 2. The molecule has 2 fully saturated rings. The molecular formula is C20H26FN3O6. The molecule has 2 atom stereocenters. The first-order chi connectivity index (χ1) is 14.2. The lowest BCUT2D eigenvalue weighted by Gasteiger charge is -2.46. The van der Waals surface area contributed by atoms with Crippen LogP contribution in [-0.2, 0) is 19.1 Å². The minimum atomic E-state index is -0.959. The van der Waals surface area contributed by atoms with E-state index < -0.39 is 28.7 Å². The first-order valence-electron chi connectivity index (χ1n) is 9.95. The number of Topliss-reactive ketones (excluding diaryl/α,β-unsaturated/α-hetero) is 1. The number of carbonyl (C=O) groups excluding carboxylic acids is 3. The van der Waals surface area contributed by atoms with Gasteiger partial charge in [0.1, 0.15) is 17.9 Å². The number of quaternary nitrogens is 1. The highest BCUT2D eigenvalue weighted by Gasteiger charge is 2.39. The van der Waals surface area contributed by atoms with Crippen molar-refractivity contribution in [2.75, 3.05) is 31.1 Å². The summed E-state index contributed by atoms with van der Waals surface area (Å²) in [6.07, 6.45) is -0.929. The van der Waals surface area contributed by atoms with Gasteiger partial charge in [0.05, 0.1) is 37.8 Å². The third kappa shape index (κ3) is 4.30. The second-order valence-corrected chi connectivity index (χ2v) is 7.67. The molecule has 2 aliphatic rings. The third-order valence-corrected chi connectivity index (χ3v) is 5.68. The summed E-state index contributed by atoms with van der Waals surface area (Å²) in [5, 5.41) is 13.2. The number of hydrogen-bond acceptors (Lipinski definition) is 7. The summed E-state index contributed by atoms with van der Waals surface area (Å²) in [5.41, 5.74) is 5.91. The molecule has 3 rings (SSSR count). The smallest absolute Gasteiger partial charge is 0.414 e. The SMILES string of the molecule is CCOC(=O)C1CC[N+]([O-])(c2ccc(N3CC(C(N)C(C)=O)OC3=O)cc2F)CC1. The zero-order valence-electron chi connectivity index (χ0n) is 17.0. The molecule has 0 saturated carbocycles. The lowest BCUT2D eigenvalue weighted by molar-refractivity contribution is -0.149. The zero-order valence-corrected chi connectivity index (χ0v) is 17.0. The number of ether oxygens (including phenoxy) is 2. The van der Waals surface area contributed by atoms with E-state index >= 15 is 0 Å². The van der Waals surface area contributed by atoms with Gasteiger partial charge in [0.15, 0.2) is 11.5 Å². The monoisotopic (exact) mass is 423 g/mol. The topological polar surface area (TPSA) is 122 Å². The van der Waals surface area contributed by atoms with Gasteiger partial charge in [-0.25, -0.2) is 9.18 Å². The molecule has 1 aromatic carbocycles. The Balaban J connectivity index is 1.72. The van der Waals surface area contributed by atoms with Crippen LogP contribution in [0.15, 0.2) is 18.2 Å². The number of hydrogen-bond donors (Lipinski definition) is 1. The Labute approximate surface area is 173 Å². The fourth-order valence-corrected chi connectivity index (χ4v) is 3.86. The second kappa shape index (κ2) is 8.66. The van der Waals surface area contributed by atoms with Crippen LogP contribution in [0.2, 0.25) is 0 Å². The minimum Gasteiger partial charge on any atom is -0.627 e. The number of amides is 1. The van der Waals surface area contributed by atoms with E-state index in [4.69, 9.17) is 15.2 Å². The average molecular weight is 423 g/mol. The Hall–Kier alpha value is -2.56. The van der Waals surface area contributed by atoms with Crippen molar-refractivity contribution in [3.05, 3.63) is 29.2 Å². The van der Waals surface area contributed by atoms with Crippen molar-refractivity contribution in [1.29, 1.82) is 0 Å². The highest BCUT2D eigenvalue weighted by Crippen LogP contribution is 2.35. The van der Waals surface area contributed by atoms with Crippen molar-refractivity contribution < 1.29 is 28.2 Å². The number of nitrogens with two attached hydrogens (primary N) is 1. The second-order valence-electron chi connectivity index (χ2n) is 7.67. The summed E-state index contributed by atoms with van der Waals surface area (Å²) in [6, 6.07) is 2.97. The molecule has 0 bridgehead atoms. The van der Waals surface area contributed by atoms with Crippen LogP contribution in [0.4, 0.5) is 20.6 Å². The number of halogens is 1. The zero-order chi connectivity index (χ0) is 22.1. The van der Waals surface area contributed by atoms with Crippen LogP contribution in [-0.4, -0.2) is 56.2 Å². The summed E-state index contributed by atoms with van der Waals surface area (Å²) in [6.45, 7) is 3.43. The van der Waals surface area contributed by atoms with Gasteiger partial charge in [-0.15, -0.1) is 0 Å². The van der Waals surface area contributed by atoms with Gasteiger partial charge in [0, 0.05) is 25.0 Å². The average Bonchev–Trinajstić information content (AvgIpc) is 3.09. The van der Waals surface area contributed by atoms with E-state index in [-0.39, 0.29) is 55.3 Å². The number of ketones is 1. The maximum absolute atomic E-state index is 14.9. The Kier molecular flexibility index (Phi) is 6.39. The molecular weight excluding hydrogens is 397 g/mol. The molecule has 0 aromatic heterocycles. The van der Waals surface area contributed by atoms with E-state index in [1.54, 1.807) is 6.92 Å². The molecule has 2 aliphatic heterocycles. The molecule has 1 aromatic rings. The first-order valence-corrected chi connectivity index (χ1v) is 9.95. The number of cyclic esters (lactones) is 1. The van der Waals surface area contributed by atoms with Gasteiger partial charge in [0.25, 0.3) is 0 Å². The van der Waals surface area contributed by atoms with E-state index in [9.17, 15) is 24.0 Å². The van der Waals surface area contributed by atoms with Gasteiger partial charge in [-0.1, -0.05) is 0 Å². The first kappa shape index (κ1) is 22.1. The molecule has 2 N–H and O–H groups in total. The van der Waals surface area contributed by atoms with Gasteiger partial charge >= 0.3 is 12.1 Å². The van der Waals surface area contributed by atoms with Gasteiger partial charge in [-0.2, -0.15) is 0 Å². The summed E-state index contributed by atoms with van der Waals surface area (Å²) in [5.74, 6) is -1.75. The van der Waals surface area contributed by atoms with Crippen molar-refractivity contribution >= 4 is 29.2 Å². The fourth-order valence-electron chi connectivity index (χ4n) is 3.86. The van der Waals surface area contributed by atoms with Gasteiger partial charge in [0.2, 0.25) is 0 Å². The lowest BCUT2D eigenvalue weighted by atomic mass is 9.96. The predicted molar refractivity (Wildman–Crippen MR) is 107 cm³/mol. The van der Waals surface area contributed by atoms with Gasteiger partial charge in [-0.05, 0) is 19.9 Å². The van der Waals surface area contributed by atoms with Gasteiger partial charge in [-0.3, -0.25) is 14.5 Å². The van der Waals surface area contributed by atoms with E-state index in [0.29, 0.717) is 12.8 Å². The Morgan fingerprint density at radius 3 is 2.63 bits per heavy atom. The minimum absolute atomic E-state index is 0.0109. The molecule has 9 nitrogen and oxygen atoms in total. The van der Waals surface area contributed by atoms with Gasteiger partial charge < -0.3 is 25.1 Å². The molecule has 2 heterocycles. The van der Waals surface area contributed by atoms with Crippen LogP contribution < -0.4 is 15.3 Å². The van der Waals surface area contributed by atoms with E-state index in [0.717, 1.165) is 6.07 Å². The quantitative estimate of drug-likeness (QED) is 0.421. The third-order valence-electron chi connectivity index (χ3n) is 5.68. The molecule has 2 saturated heterocycles. The number of hydroxylamine groups is 2. The summed E-state index contributed by atoms with van der Waals surface area (Å²) in [7, 11) is 0. The van der Waals surface area contributed by atoms with Crippen LogP contribution in [0.3, 0.4) is 0 Å². The Morgan fingerprint density at radius 1 is 1.40 bits per heavy atom. The molecule has 10 heteroatoms. The maximum atomic E-state index is 14.9. The Morgan fingerprint density at radius 2 is 2.07 bits per heavy atom. The lowest BCUT2D eigenvalue weighted by Crippen LogP contribution is -2.51. The summed E-state index contributed by atoms with van der Waals surface area (Å²) < 4.78 is 24.1. The standard InChI is InChI=1S/C20H26FN3O6/c1-3-29-19(26)13-6-8-24(28,9-7-13)16-5-4-14(10-15(16)21)23-11-17(30-20(23)27)18(22)12(2)25/h4-5,10,13,17-18H,3,6-9,11,22H2,1-2H3. The number of rotatable bonds is 6. The van der Waals surface area contributed by atoms with E-state index in [1.807, 2.05) is 0 Å². The number of carbonyl (C=O) groups is 3. The normalized spacial score (nSPS) is 27.5. The van der Waals surface area contributed by atoms with Crippen molar-refractivity contribution in [2.45, 2.75) is 38.8 Å². The van der Waals surface area contributed by atoms with E-state index in [1.165, 1.54) is 24.0 Å². The molecule has 0 radical (unpaired) electrons. The number of esters is 1. The van der Waals surface area contributed by atoms with Crippen LogP contribution in [0.5, 0.6) is 0 Å². The molecule has 30 heavy (non-hydrogen) atoms. The van der Waals surface area contributed by atoms with E-state index in [2.05, 4.69) is 0 Å². The largest absolute Gasteiger partial charge is 0.627 e.